The number of aliphatic hydroxyl groups excluding tert-OH is 1. The van der Waals surface area contributed by atoms with Gasteiger partial charge in [-0.05, 0) is 84.2 Å². The lowest BCUT2D eigenvalue weighted by molar-refractivity contribution is 0.216. The topological polar surface area (TPSA) is 35.5 Å². The molecule has 0 saturated carbocycles. The van der Waals surface area contributed by atoms with Crippen molar-refractivity contribution in [3.63, 3.8) is 0 Å². The Labute approximate surface area is 291 Å². The zero-order valence-electron chi connectivity index (χ0n) is 32.2. The van der Waals surface area contributed by atoms with E-state index in [1.807, 2.05) is 0 Å². The van der Waals surface area contributed by atoms with Gasteiger partial charge in [-0.1, -0.05) is 167 Å². The summed E-state index contributed by atoms with van der Waals surface area (Å²) in [6.45, 7) is 6.71. The first-order chi connectivity index (χ1) is 22.7. The molecule has 0 aliphatic heterocycles. The molecule has 3 nitrogen and oxygen atoms in total. The molecule has 0 spiro atoms. The lowest BCUT2D eigenvalue weighted by Crippen LogP contribution is -2.42. The first-order valence-corrected chi connectivity index (χ1v) is 20.9. The van der Waals surface area contributed by atoms with Crippen LogP contribution in [0.2, 0.25) is 0 Å². The minimum absolute atomic E-state index is 0.243. The van der Waals surface area contributed by atoms with Crippen LogP contribution in [0.1, 0.15) is 206 Å². The van der Waals surface area contributed by atoms with E-state index in [-0.39, 0.29) is 6.61 Å². The molecule has 2 N–H and O–H groups in total. The fraction of sp³-hybridized carbons (Fsp3) is 0.907. The van der Waals surface area contributed by atoms with Crippen molar-refractivity contribution in [1.29, 1.82) is 0 Å². The fourth-order valence-electron chi connectivity index (χ4n) is 6.91. The van der Waals surface area contributed by atoms with Crippen LogP contribution >= 0.6 is 0 Å². The van der Waals surface area contributed by atoms with E-state index in [1.165, 1.54) is 193 Å². The Morgan fingerprint density at radius 2 is 0.826 bits per heavy atom. The summed E-state index contributed by atoms with van der Waals surface area (Å²) in [6.07, 6.45) is 50.6. The summed E-state index contributed by atoms with van der Waals surface area (Å²) >= 11 is 0. The highest BCUT2D eigenvalue weighted by Gasteiger charge is 2.21. The summed E-state index contributed by atoms with van der Waals surface area (Å²) in [6, 6.07) is 0.537. The van der Waals surface area contributed by atoms with E-state index in [0.717, 1.165) is 13.1 Å². The van der Waals surface area contributed by atoms with Gasteiger partial charge < -0.3 is 15.3 Å². The van der Waals surface area contributed by atoms with Gasteiger partial charge in [0.2, 0.25) is 0 Å². The normalized spacial score (nSPS) is 13.5. The van der Waals surface area contributed by atoms with Gasteiger partial charge in [0.25, 0.3) is 0 Å². The molecule has 0 amide bonds. The predicted octanol–water partition coefficient (Wildman–Crippen LogP) is 13.0. The molecular weight excluding hydrogens is 560 g/mol. The third-order valence-electron chi connectivity index (χ3n) is 9.80. The molecule has 0 rings (SSSR count). The molecule has 0 aliphatic carbocycles. The quantitative estimate of drug-likeness (QED) is 0.0517. The van der Waals surface area contributed by atoms with E-state index in [4.69, 9.17) is 0 Å². The molecule has 0 radical (unpaired) electrons. The molecule has 46 heavy (non-hydrogen) atoms. The van der Waals surface area contributed by atoms with E-state index >= 15 is 0 Å². The van der Waals surface area contributed by atoms with E-state index in [0.29, 0.717) is 12.0 Å². The Balaban J connectivity index is 4.01. The van der Waals surface area contributed by atoms with Crippen LogP contribution in [-0.4, -0.2) is 49.8 Å². The molecule has 0 fully saturated rings. The van der Waals surface area contributed by atoms with Gasteiger partial charge in [0, 0.05) is 19.1 Å². The Bertz CT molecular complexity index is 616. The second-order valence-electron chi connectivity index (χ2n) is 14.8. The van der Waals surface area contributed by atoms with Crippen molar-refractivity contribution in [2.75, 3.05) is 33.8 Å². The summed E-state index contributed by atoms with van der Waals surface area (Å²) < 4.78 is 0. The van der Waals surface area contributed by atoms with Gasteiger partial charge in [-0.2, -0.15) is 0 Å². The molecule has 3 heteroatoms. The molecule has 0 bridgehead atoms. The third-order valence-corrected chi connectivity index (χ3v) is 9.80. The second-order valence-corrected chi connectivity index (χ2v) is 14.8. The zero-order valence-corrected chi connectivity index (χ0v) is 32.2. The summed E-state index contributed by atoms with van der Waals surface area (Å²) in [5.74, 6) is 0.682. The summed E-state index contributed by atoms with van der Waals surface area (Å²) in [5.41, 5.74) is 0. The number of aliphatic hydroxyl groups is 1. The SMILES string of the molecule is CCCCCCCCC=CCCCCCCCCC(CN(C)C)C(CCCCCCCCC=CCCCCCCCC)NCCO. The molecule has 0 aromatic rings. The van der Waals surface area contributed by atoms with Crippen LogP contribution < -0.4 is 5.32 Å². The highest BCUT2D eigenvalue weighted by Crippen LogP contribution is 2.21. The van der Waals surface area contributed by atoms with Crippen LogP contribution in [0.3, 0.4) is 0 Å². The summed E-state index contributed by atoms with van der Waals surface area (Å²) in [7, 11) is 4.45. The molecule has 0 aromatic heterocycles. The van der Waals surface area contributed by atoms with Gasteiger partial charge in [0.1, 0.15) is 0 Å². The first-order valence-electron chi connectivity index (χ1n) is 20.9. The van der Waals surface area contributed by atoms with Crippen LogP contribution in [0.4, 0.5) is 0 Å². The maximum absolute atomic E-state index is 9.53. The van der Waals surface area contributed by atoms with Crippen molar-refractivity contribution < 1.29 is 5.11 Å². The van der Waals surface area contributed by atoms with E-state index in [1.54, 1.807) is 0 Å². The van der Waals surface area contributed by atoms with Crippen molar-refractivity contribution >= 4 is 0 Å². The number of nitrogens with one attached hydrogen (secondary N) is 1. The molecular formula is C43H86N2O. The van der Waals surface area contributed by atoms with Crippen LogP contribution in [0.5, 0.6) is 0 Å². The van der Waals surface area contributed by atoms with E-state index in [9.17, 15) is 5.11 Å². The number of allylic oxidation sites excluding steroid dienone is 4. The van der Waals surface area contributed by atoms with Gasteiger partial charge in [-0.25, -0.2) is 0 Å². The van der Waals surface area contributed by atoms with Crippen LogP contribution in [0.15, 0.2) is 24.3 Å². The number of unbranched alkanes of at least 4 members (excludes halogenated alkanes) is 24. The Kier molecular flexibility index (Phi) is 38.3. The predicted molar refractivity (Wildman–Crippen MR) is 209 cm³/mol. The molecule has 2 unspecified atom stereocenters. The lowest BCUT2D eigenvalue weighted by Gasteiger charge is -2.31. The monoisotopic (exact) mass is 647 g/mol. The Hall–Kier alpha value is -0.640. The summed E-state index contributed by atoms with van der Waals surface area (Å²) in [4.78, 5) is 2.38. The van der Waals surface area contributed by atoms with Crippen LogP contribution in [0, 0.1) is 5.92 Å². The Morgan fingerprint density at radius 1 is 0.478 bits per heavy atom. The minimum Gasteiger partial charge on any atom is -0.395 e. The maximum atomic E-state index is 9.53. The smallest absolute Gasteiger partial charge is 0.0556 e. The minimum atomic E-state index is 0.243. The van der Waals surface area contributed by atoms with Gasteiger partial charge in [-0.3, -0.25) is 0 Å². The molecule has 0 aromatic carbocycles. The number of hydrogen-bond acceptors (Lipinski definition) is 3. The van der Waals surface area contributed by atoms with E-state index < -0.39 is 0 Å². The molecule has 0 aliphatic rings. The van der Waals surface area contributed by atoms with Crippen molar-refractivity contribution in [2.45, 2.75) is 213 Å². The van der Waals surface area contributed by atoms with Crippen LogP contribution in [0.25, 0.3) is 0 Å². The standard InChI is InChI=1S/C43H86N2O/c1-5-7-9-11-13-15-17-19-21-23-25-27-29-31-33-35-37-42(41-45(3)4)43(44-39-40-46)38-36-34-32-30-28-26-24-22-20-18-16-14-12-10-8-6-2/h19-22,42-44,46H,5-18,23-41H2,1-4H3. The van der Waals surface area contributed by atoms with Crippen molar-refractivity contribution in [3.05, 3.63) is 24.3 Å². The van der Waals surface area contributed by atoms with Gasteiger partial charge in [0.15, 0.2) is 0 Å². The number of hydrogen-bond donors (Lipinski definition) is 2. The molecule has 0 heterocycles. The second kappa shape index (κ2) is 38.8. The Morgan fingerprint density at radius 3 is 1.20 bits per heavy atom. The number of nitrogens with zero attached hydrogens (tertiary/aromatic N) is 1. The fourth-order valence-corrected chi connectivity index (χ4v) is 6.91. The lowest BCUT2D eigenvalue weighted by atomic mass is 9.88. The molecule has 0 saturated heterocycles. The highest BCUT2D eigenvalue weighted by atomic mass is 16.3. The van der Waals surface area contributed by atoms with Crippen molar-refractivity contribution in [1.82, 2.24) is 10.2 Å². The van der Waals surface area contributed by atoms with Gasteiger partial charge in [0.05, 0.1) is 6.61 Å². The summed E-state index contributed by atoms with van der Waals surface area (Å²) in [5, 5.41) is 13.3. The van der Waals surface area contributed by atoms with Crippen LogP contribution in [-0.2, 0) is 0 Å². The van der Waals surface area contributed by atoms with Gasteiger partial charge >= 0.3 is 0 Å². The maximum Gasteiger partial charge on any atom is 0.0556 e. The van der Waals surface area contributed by atoms with E-state index in [2.05, 4.69) is 62.5 Å². The largest absolute Gasteiger partial charge is 0.395 e. The average Bonchev–Trinajstić information content (AvgIpc) is 3.05. The van der Waals surface area contributed by atoms with Crippen molar-refractivity contribution in [2.24, 2.45) is 5.92 Å². The third kappa shape index (κ3) is 34.7. The number of rotatable bonds is 38. The molecule has 274 valence electrons. The average molecular weight is 647 g/mol. The zero-order chi connectivity index (χ0) is 33.6. The highest BCUT2D eigenvalue weighted by molar-refractivity contribution is 4.82. The first kappa shape index (κ1) is 45.4. The molecule has 2 atom stereocenters. The van der Waals surface area contributed by atoms with Crippen molar-refractivity contribution in [3.8, 4) is 0 Å². The van der Waals surface area contributed by atoms with Gasteiger partial charge in [-0.15, -0.1) is 0 Å².